The van der Waals surface area contributed by atoms with Gasteiger partial charge < -0.3 is 9.84 Å². The summed E-state index contributed by atoms with van der Waals surface area (Å²) in [6.45, 7) is 4.08. The number of rotatable bonds is 5. The summed E-state index contributed by atoms with van der Waals surface area (Å²) in [5.74, 6) is -1.40. The van der Waals surface area contributed by atoms with Crippen molar-refractivity contribution in [2.24, 2.45) is 0 Å². The van der Waals surface area contributed by atoms with Gasteiger partial charge in [0.05, 0.1) is 6.10 Å². The molecule has 0 aromatic heterocycles. The molecule has 2 atom stereocenters. The monoisotopic (exact) mass is 230 g/mol. The third-order valence-corrected chi connectivity index (χ3v) is 2.42. The molecular weight excluding hydrogens is 214 g/mol. The van der Waals surface area contributed by atoms with Crippen LogP contribution in [0.5, 0.6) is 0 Å². The van der Waals surface area contributed by atoms with Gasteiger partial charge in [-0.15, -0.1) is 0 Å². The highest BCUT2D eigenvalue weighted by Gasteiger charge is 2.22. The van der Waals surface area contributed by atoms with Gasteiger partial charge in [-0.25, -0.2) is 8.78 Å². The topological polar surface area (TPSA) is 29.5 Å². The van der Waals surface area contributed by atoms with Crippen molar-refractivity contribution in [1.29, 1.82) is 0 Å². The number of aliphatic hydroxyl groups is 1. The Hall–Kier alpha value is -1.00. The molecule has 2 nitrogen and oxygen atoms in total. The number of benzene rings is 1. The van der Waals surface area contributed by atoms with Crippen LogP contribution in [0.2, 0.25) is 0 Å². The smallest absolute Gasteiger partial charge is 0.132 e. The van der Waals surface area contributed by atoms with Crippen molar-refractivity contribution in [1.82, 2.24) is 0 Å². The van der Waals surface area contributed by atoms with Crippen molar-refractivity contribution in [2.45, 2.75) is 32.5 Å². The van der Waals surface area contributed by atoms with E-state index in [1.165, 1.54) is 6.07 Å². The molecule has 0 radical (unpaired) electrons. The van der Waals surface area contributed by atoms with E-state index < -0.39 is 23.8 Å². The Labute approximate surface area is 93.9 Å². The molecule has 0 aliphatic rings. The van der Waals surface area contributed by atoms with Gasteiger partial charge in [0.15, 0.2) is 0 Å². The molecule has 0 amide bonds. The molecule has 4 heteroatoms. The van der Waals surface area contributed by atoms with Gasteiger partial charge in [-0.2, -0.15) is 0 Å². The average Bonchev–Trinajstić information content (AvgIpc) is 2.25. The van der Waals surface area contributed by atoms with Gasteiger partial charge in [-0.1, -0.05) is 13.0 Å². The highest BCUT2D eigenvalue weighted by atomic mass is 19.1. The van der Waals surface area contributed by atoms with Crippen molar-refractivity contribution >= 4 is 0 Å². The molecule has 16 heavy (non-hydrogen) atoms. The van der Waals surface area contributed by atoms with Crippen LogP contribution in [0.4, 0.5) is 8.78 Å². The molecule has 0 saturated heterocycles. The van der Waals surface area contributed by atoms with E-state index in [0.717, 1.165) is 12.1 Å². The lowest BCUT2D eigenvalue weighted by Gasteiger charge is -2.22. The second-order valence-electron chi connectivity index (χ2n) is 3.51. The number of hydrogen-bond donors (Lipinski definition) is 1. The normalized spacial score (nSPS) is 14.8. The minimum Gasteiger partial charge on any atom is -0.386 e. The van der Waals surface area contributed by atoms with Crippen molar-refractivity contribution in [2.75, 3.05) is 6.61 Å². The summed E-state index contributed by atoms with van der Waals surface area (Å²) in [4.78, 5) is 0. The first kappa shape index (κ1) is 13.1. The Morgan fingerprint density at radius 1 is 1.31 bits per heavy atom. The Morgan fingerprint density at radius 3 is 2.50 bits per heavy atom. The Morgan fingerprint density at radius 2 is 2.00 bits per heavy atom. The molecule has 0 aliphatic heterocycles. The van der Waals surface area contributed by atoms with Crippen molar-refractivity contribution in [3.05, 3.63) is 35.4 Å². The molecule has 0 bridgehead atoms. The van der Waals surface area contributed by atoms with E-state index >= 15 is 0 Å². The van der Waals surface area contributed by atoms with Crippen molar-refractivity contribution in [3.8, 4) is 0 Å². The molecule has 90 valence electrons. The van der Waals surface area contributed by atoms with Gasteiger partial charge in [-0.3, -0.25) is 0 Å². The van der Waals surface area contributed by atoms with E-state index in [1.54, 1.807) is 6.92 Å². The summed E-state index contributed by atoms with van der Waals surface area (Å²) in [6, 6.07) is 3.13. The SMILES string of the molecule is CCOC(CC)C(O)c1ccc(F)cc1F. The Kier molecular flexibility index (Phi) is 4.83. The fraction of sp³-hybridized carbons (Fsp3) is 0.500. The maximum absolute atomic E-state index is 13.4. The van der Waals surface area contributed by atoms with E-state index in [-0.39, 0.29) is 5.56 Å². The first-order valence-corrected chi connectivity index (χ1v) is 5.34. The average molecular weight is 230 g/mol. The zero-order chi connectivity index (χ0) is 12.1. The second-order valence-corrected chi connectivity index (χ2v) is 3.51. The molecule has 0 aliphatic carbocycles. The van der Waals surface area contributed by atoms with E-state index in [2.05, 4.69) is 0 Å². The lowest BCUT2D eigenvalue weighted by molar-refractivity contribution is -0.0369. The van der Waals surface area contributed by atoms with Crippen LogP contribution in [0.25, 0.3) is 0 Å². The van der Waals surface area contributed by atoms with Gasteiger partial charge in [0.2, 0.25) is 0 Å². The third kappa shape index (κ3) is 3.00. The Balaban J connectivity index is 2.89. The second kappa shape index (κ2) is 5.92. The summed E-state index contributed by atoms with van der Waals surface area (Å²) in [7, 11) is 0. The molecule has 1 rings (SSSR count). The molecule has 0 heterocycles. The Bertz CT molecular complexity index is 342. The van der Waals surface area contributed by atoms with Crippen LogP contribution in [0.3, 0.4) is 0 Å². The van der Waals surface area contributed by atoms with Gasteiger partial charge in [0, 0.05) is 18.2 Å². The summed E-state index contributed by atoms with van der Waals surface area (Å²) in [5, 5.41) is 9.90. The van der Waals surface area contributed by atoms with Crippen LogP contribution < -0.4 is 0 Å². The van der Waals surface area contributed by atoms with Crippen LogP contribution in [-0.4, -0.2) is 17.8 Å². The summed E-state index contributed by atoms with van der Waals surface area (Å²) in [5.41, 5.74) is 0.0710. The largest absolute Gasteiger partial charge is 0.386 e. The lowest BCUT2D eigenvalue weighted by atomic mass is 10.0. The fourth-order valence-corrected chi connectivity index (χ4v) is 1.59. The first-order chi connectivity index (χ1) is 7.60. The van der Waals surface area contributed by atoms with Crippen LogP contribution >= 0.6 is 0 Å². The predicted octanol–water partition coefficient (Wildman–Crippen LogP) is 2.81. The number of ether oxygens (including phenoxy) is 1. The van der Waals surface area contributed by atoms with Gasteiger partial charge in [0.25, 0.3) is 0 Å². The quantitative estimate of drug-likeness (QED) is 0.842. The predicted molar refractivity (Wildman–Crippen MR) is 57.0 cm³/mol. The fourth-order valence-electron chi connectivity index (χ4n) is 1.59. The van der Waals surface area contributed by atoms with Crippen LogP contribution in [0, 0.1) is 11.6 Å². The zero-order valence-corrected chi connectivity index (χ0v) is 9.41. The minimum absolute atomic E-state index is 0.0710. The number of halogens is 2. The van der Waals surface area contributed by atoms with E-state index in [9.17, 15) is 13.9 Å². The molecule has 0 fully saturated rings. The lowest BCUT2D eigenvalue weighted by Crippen LogP contribution is -2.22. The highest BCUT2D eigenvalue weighted by molar-refractivity contribution is 5.21. The van der Waals surface area contributed by atoms with E-state index in [1.807, 2.05) is 6.92 Å². The standard InChI is InChI=1S/C12H16F2O2/c1-3-11(16-4-2)12(15)9-6-5-8(13)7-10(9)14/h5-7,11-12,15H,3-4H2,1-2H3. The third-order valence-electron chi connectivity index (χ3n) is 2.42. The number of aliphatic hydroxyl groups excluding tert-OH is 1. The van der Waals surface area contributed by atoms with Gasteiger partial charge >= 0.3 is 0 Å². The van der Waals surface area contributed by atoms with Crippen molar-refractivity contribution in [3.63, 3.8) is 0 Å². The summed E-state index contributed by atoms with van der Waals surface area (Å²) >= 11 is 0. The molecule has 1 aromatic rings. The minimum atomic E-state index is -1.06. The number of hydrogen-bond acceptors (Lipinski definition) is 2. The molecule has 1 aromatic carbocycles. The van der Waals surface area contributed by atoms with E-state index in [4.69, 9.17) is 4.74 Å². The maximum atomic E-state index is 13.4. The van der Waals surface area contributed by atoms with Crippen LogP contribution in [0.15, 0.2) is 18.2 Å². The zero-order valence-electron chi connectivity index (χ0n) is 9.41. The molecule has 1 N–H and O–H groups in total. The molecule has 0 spiro atoms. The molecular formula is C12H16F2O2. The van der Waals surface area contributed by atoms with Crippen molar-refractivity contribution < 1.29 is 18.6 Å². The van der Waals surface area contributed by atoms with Crippen LogP contribution in [-0.2, 0) is 4.74 Å². The molecule has 2 unspecified atom stereocenters. The van der Waals surface area contributed by atoms with Crippen LogP contribution in [0.1, 0.15) is 31.9 Å². The summed E-state index contributed by atoms with van der Waals surface area (Å²) in [6.07, 6.45) is -0.971. The first-order valence-electron chi connectivity index (χ1n) is 5.34. The maximum Gasteiger partial charge on any atom is 0.132 e. The van der Waals surface area contributed by atoms with Gasteiger partial charge in [-0.05, 0) is 19.4 Å². The van der Waals surface area contributed by atoms with Gasteiger partial charge in [0.1, 0.15) is 17.7 Å². The molecule has 0 saturated carbocycles. The van der Waals surface area contributed by atoms with E-state index in [0.29, 0.717) is 13.0 Å². The highest BCUT2D eigenvalue weighted by Crippen LogP contribution is 2.24. The summed E-state index contributed by atoms with van der Waals surface area (Å²) < 4.78 is 31.4.